The fourth-order valence-electron chi connectivity index (χ4n) is 3.64. The number of morpholine rings is 1. The highest BCUT2D eigenvalue weighted by molar-refractivity contribution is 7.15. The van der Waals surface area contributed by atoms with Gasteiger partial charge < -0.3 is 26.0 Å². The predicted octanol–water partition coefficient (Wildman–Crippen LogP) is 2.90. The molecule has 0 unspecified atom stereocenters. The van der Waals surface area contributed by atoms with Crippen molar-refractivity contribution in [3.63, 3.8) is 0 Å². The molecule has 0 atom stereocenters. The van der Waals surface area contributed by atoms with Crippen LogP contribution in [0.5, 0.6) is 11.5 Å². The minimum Gasteiger partial charge on any atom is -0.507 e. The Morgan fingerprint density at radius 3 is 2.77 bits per heavy atom. The number of nitrogens with zero attached hydrogens (tertiary/aromatic N) is 3. The molecule has 5 N–H and O–H groups in total. The second-order valence-electron chi connectivity index (χ2n) is 7.39. The van der Waals surface area contributed by atoms with Gasteiger partial charge in [-0.15, -0.1) is 11.3 Å². The van der Waals surface area contributed by atoms with Crippen LogP contribution in [0.3, 0.4) is 0 Å². The molecule has 3 heterocycles. The van der Waals surface area contributed by atoms with Crippen molar-refractivity contribution in [3.05, 3.63) is 46.5 Å². The maximum Gasteiger partial charge on any atom is 0.221 e. The molecular formula is C22H27N5O3S. The van der Waals surface area contributed by atoms with Gasteiger partial charge in [0.1, 0.15) is 17.3 Å². The lowest BCUT2D eigenvalue weighted by Crippen LogP contribution is -2.35. The van der Waals surface area contributed by atoms with Crippen LogP contribution in [0.15, 0.2) is 30.5 Å². The molecule has 0 spiro atoms. The molecule has 3 aromatic rings. The van der Waals surface area contributed by atoms with Crippen molar-refractivity contribution in [2.75, 3.05) is 44.4 Å². The molecule has 2 aromatic heterocycles. The van der Waals surface area contributed by atoms with Crippen molar-refractivity contribution in [1.29, 1.82) is 0 Å². The fourth-order valence-corrected chi connectivity index (χ4v) is 4.75. The number of hydrogen-bond acceptors (Lipinski definition) is 9. The van der Waals surface area contributed by atoms with Gasteiger partial charge in [-0.1, -0.05) is 0 Å². The summed E-state index contributed by atoms with van der Waals surface area (Å²) in [4.78, 5) is 12.6. The standard InChI is InChI=1S/C22H27N5O3S/c1-2-30-18-11-14(9-15-12-25-22(24)26-21(15)23)10-17(28)20(18)19-4-3-16(31-19)13-27-5-7-29-8-6-27/h3-4,10-12,28H,2,5-9,13H2,1H3,(H4,23,24,25,26). The molecule has 4 rings (SSSR count). The van der Waals surface area contributed by atoms with Gasteiger partial charge >= 0.3 is 0 Å². The number of thiophene rings is 1. The maximum absolute atomic E-state index is 10.9. The molecule has 9 heteroatoms. The first kappa shape index (κ1) is 21.4. The summed E-state index contributed by atoms with van der Waals surface area (Å²) in [5.74, 6) is 1.29. The first-order valence-electron chi connectivity index (χ1n) is 10.3. The lowest BCUT2D eigenvalue weighted by Gasteiger charge is -2.25. The van der Waals surface area contributed by atoms with Crippen LogP contribution in [0.4, 0.5) is 11.8 Å². The van der Waals surface area contributed by atoms with E-state index in [1.54, 1.807) is 23.6 Å². The van der Waals surface area contributed by atoms with E-state index >= 15 is 0 Å². The monoisotopic (exact) mass is 441 g/mol. The molecule has 31 heavy (non-hydrogen) atoms. The number of nitrogen functional groups attached to an aromatic ring is 2. The van der Waals surface area contributed by atoms with E-state index in [1.807, 2.05) is 19.1 Å². The van der Waals surface area contributed by atoms with Gasteiger partial charge in [0.15, 0.2) is 0 Å². The van der Waals surface area contributed by atoms with Gasteiger partial charge in [-0.3, -0.25) is 4.90 Å². The highest BCUT2D eigenvalue weighted by Gasteiger charge is 2.18. The van der Waals surface area contributed by atoms with Gasteiger partial charge in [0.05, 0.1) is 25.4 Å². The first-order chi connectivity index (χ1) is 15.0. The predicted molar refractivity (Wildman–Crippen MR) is 122 cm³/mol. The Bertz CT molecular complexity index is 1050. The van der Waals surface area contributed by atoms with Gasteiger partial charge in [0.25, 0.3) is 0 Å². The topological polar surface area (TPSA) is 120 Å². The number of aromatic nitrogens is 2. The van der Waals surface area contributed by atoms with E-state index < -0.39 is 0 Å². The van der Waals surface area contributed by atoms with E-state index in [0.29, 0.717) is 30.2 Å². The summed E-state index contributed by atoms with van der Waals surface area (Å²) in [5.41, 5.74) is 13.9. The number of phenols is 1. The Hall–Kier alpha value is -2.88. The van der Waals surface area contributed by atoms with Crippen molar-refractivity contribution in [2.24, 2.45) is 0 Å². The summed E-state index contributed by atoms with van der Waals surface area (Å²) in [6, 6.07) is 7.85. The zero-order valence-electron chi connectivity index (χ0n) is 17.5. The zero-order chi connectivity index (χ0) is 21.8. The van der Waals surface area contributed by atoms with Crippen LogP contribution in [0.2, 0.25) is 0 Å². The van der Waals surface area contributed by atoms with Gasteiger partial charge in [-0.25, -0.2) is 4.98 Å². The minimum atomic E-state index is 0.139. The molecule has 8 nitrogen and oxygen atoms in total. The van der Waals surface area contributed by atoms with Gasteiger partial charge in [0, 0.05) is 47.6 Å². The van der Waals surface area contributed by atoms with Crippen LogP contribution < -0.4 is 16.2 Å². The van der Waals surface area contributed by atoms with Crippen LogP contribution >= 0.6 is 11.3 Å². The van der Waals surface area contributed by atoms with E-state index in [1.165, 1.54) is 4.88 Å². The largest absolute Gasteiger partial charge is 0.507 e. The van der Waals surface area contributed by atoms with Crippen LogP contribution in [0.1, 0.15) is 22.9 Å². The van der Waals surface area contributed by atoms with E-state index in [0.717, 1.165) is 48.9 Å². The van der Waals surface area contributed by atoms with Crippen molar-refractivity contribution in [1.82, 2.24) is 14.9 Å². The molecule has 0 saturated carbocycles. The van der Waals surface area contributed by atoms with Crippen molar-refractivity contribution >= 4 is 23.1 Å². The smallest absolute Gasteiger partial charge is 0.221 e. The molecule has 0 radical (unpaired) electrons. The number of aromatic hydroxyl groups is 1. The van der Waals surface area contributed by atoms with Gasteiger partial charge in [-0.2, -0.15) is 4.98 Å². The van der Waals surface area contributed by atoms with Crippen molar-refractivity contribution in [2.45, 2.75) is 19.9 Å². The van der Waals surface area contributed by atoms with Crippen molar-refractivity contribution < 1.29 is 14.6 Å². The third-order valence-corrected chi connectivity index (χ3v) is 6.23. The Kier molecular flexibility index (Phi) is 6.55. The summed E-state index contributed by atoms with van der Waals surface area (Å²) < 4.78 is 11.3. The Balaban J connectivity index is 1.60. The Morgan fingerprint density at radius 2 is 2.03 bits per heavy atom. The summed E-state index contributed by atoms with van der Waals surface area (Å²) in [6.07, 6.45) is 2.08. The maximum atomic E-state index is 10.9. The lowest BCUT2D eigenvalue weighted by molar-refractivity contribution is 0.0346. The number of phenolic OH excluding ortho intramolecular Hbond substituents is 1. The molecule has 164 valence electrons. The molecule has 0 aliphatic carbocycles. The average molecular weight is 442 g/mol. The fraction of sp³-hybridized carbons (Fsp3) is 0.364. The Morgan fingerprint density at radius 1 is 1.23 bits per heavy atom. The first-order valence-corrected chi connectivity index (χ1v) is 11.1. The highest BCUT2D eigenvalue weighted by Crippen LogP contribution is 2.43. The molecule has 1 fully saturated rings. The summed E-state index contributed by atoms with van der Waals surface area (Å²) in [7, 11) is 0. The third-order valence-electron chi connectivity index (χ3n) is 5.14. The van der Waals surface area contributed by atoms with E-state index in [9.17, 15) is 5.11 Å². The van der Waals surface area contributed by atoms with Crippen LogP contribution in [0, 0.1) is 0 Å². The summed E-state index contributed by atoms with van der Waals surface area (Å²) in [6.45, 7) is 6.74. The molecular weight excluding hydrogens is 414 g/mol. The lowest BCUT2D eigenvalue weighted by atomic mass is 10.0. The number of nitrogens with two attached hydrogens (primary N) is 2. The minimum absolute atomic E-state index is 0.139. The number of ether oxygens (including phenoxy) is 2. The second-order valence-corrected chi connectivity index (χ2v) is 8.56. The molecule has 0 bridgehead atoms. The Labute approximate surface area is 185 Å². The summed E-state index contributed by atoms with van der Waals surface area (Å²) in [5, 5.41) is 10.9. The zero-order valence-corrected chi connectivity index (χ0v) is 18.3. The van der Waals surface area contributed by atoms with Gasteiger partial charge in [0.2, 0.25) is 5.95 Å². The summed E-state index contributed by atoms with van der Waals surface area (Å²) >= 11 is 1.67. The average Bonchev–Trinajstić information content (AvgIpc) is 3.19. The number of rotatable bonds is 7. The van der Waals surface area contributed by atoms with E-state index in [4.69, 9.17) is 20.9 Å². The SMILES string of the molecule is CCOc1cc(Cc2cnc(N)nc2N)cc(O)c1-c1ccc(CN2CCOCC2)s1. The van der Waals surface area contributed by atoms with Crippen molar-refractivity contribution in [3.8, 4) is 21.9 Å². The highest BCUT2D eigenvalue weighted by atomic mass is 32.1. The van der Waals surface area contributed by atoms with E-state index in [-0.39, 0.29) is 11.7 Å². The quantitative estimate of drug-likeness (QED) is 0.512. The normalized spacial score (nSPS) is 14.6. The van der Waals surface area contributed by atoms with Crippen LogP contribution in [0.25, 0.3) is 10.4 Å². The second kappa shape index (κ2) is 9.51. The van der Waals surface area contributed by atoms with Crippen LogP contribution in [-0.4, -0.2) is 52.9 Å². The number of anilines is 2. The molecule has 0 amide bonds. The molecule has 1 aliphatic rings. The molecule has 1 saturated heterocycles. The van der Waals surface area contributed by atoms with E-state index in [2.05, 4.69) is 20.9 Å². The third kappa shape index (κ3) is 5.07. The number of hydrogen-bond donors (Lipinski definition) is 3. The molecule has 1 aliphatic heterocycles. The molecule has 1 aromatic carbocycles. The number of benzene rings is 1. The van der Waals surface area contributed by atoms with Crippen LogP contribution in [-0.2, 0) is 17.7 Å². The van der Waals surface area contributed by atoms with Gasteiger partial charge in [-0.05, 0) is 36.8 Å².